The first-order chi connectivity index (χ1) is 13.2. The number of carbonyl (C=O) groups excluding carboxylic acids is 1. The summed E-state index contributed by atoms with van der Waals surface area (Å²) < 4.78 is 0. The fourth-order valence-corrected chi connectivity index (χ4v) is 5.26. The molecule has 0 aromatic carbocycles. The normalized spacial score (nSPS) is 19.2. The molecule has 1 amide bonds. The molecule has 2 aliphatic rings. The highest BCUT2D eigenvalue weighted by molar-refractivity contribution is 8.00. The van der Waals surface area contributed by atoms with Gasteiger partial charge in [0, 0.05) is 49.0 Å². The number of nitrogens with zero attached hydrogens (tertiary/aromatic N) is 4. The van der Waals surface area contributed by atoms with Crippen molar-refractivity contribution in [3.05, 3.63) is 42.2 Å². The van der Waals surface area contributed by atoms with Crippen LogP contribution in [-0.4, -0.2) is 62.6 Å². The van der Waals surface area contributed by atoms with E-state index in [1.54, 1.807) is 24.2 Å². The molecule has 6 nitrogen and oxygen atoms in total. The van der Waals surface area contributed by atoms with Crippen LogP contribution in [0.4, 0.5) is 0 Å². The minimum absolute atomic E-state index is 0.00137. The summed E-state index contributed by atoms with van der Waals surface area (Å²) in [4.78, 5) is 30.5. The third-order valence-electron chi connectivity index (χ3n) is 5.84. The van der Waals surface area contributed by atoms with E-state index >= 15 is 0 Å². The number of hydrogen-bond acceptors (Lipinski definition) is 5. The largest absolute Gasteiger partial charge is 0.348 e. The molecule has 27 heavy (non-hydrogen) atoms. The van der Waals surface area contributed by atoms with Gasteiger partial charge in [0.05, 0.1) is 23.3 Å². The first-order valence-electron chi connectivity index (χ1n) is 9.81. The highest BCUT2D eigenvalue weighted by Crippen LogP contribution is 2.42. The topological polar surface area (TPSA) is 65.1 Å². The Morgan fingerprint density at radius 1 is 1.26 bits per heavy atom. The van der Waals surface area contributed by atoms with Crippen molar-refractivity contribution < 1.29 is 4.79 Å². The third kappa shape index (κ3) is 3.62. The van der Waals surface area contributed by atoms with Gasteiger partial charge in [-0.2, -0.15) is 0 Å². The van der Waals surface area contributed by atoms with Crippen molar-refractivity contribution in [2.45, 2.75) is 43.0 Å². The van der Waals surface area contributed by atoms with E-state index in [0.717, 1.165) is 56.8 Å². The summed E-state index contributed by atoms with van der Waals surface area (Å²) in [6.45, 7) is 6.03. The van der Waals surface area contributed by atoms with E-state index in [1.165, 1.54) is 11.4 Å². The molecule has 0 atom stereocenters. The van der Waals surface area contributed by atoms with Gasteiger partial charge in [0.15, 0.2) is 0 Å². The number of carbonyl (C=O) groups is 1. The number of amides is 1. The number of pyridine rings is 1. The number of hydrogen-bond donors (Lipinski definition) is 1. The van der Waals surface area contributed by atoms with E-state index in [-0.39, 0.29) is 11.4 Å². The molecule has 4 rings (SSSR count). The standard InChI is InChI=1S/C20H27N5OS/c1-2-10-25-11-5-17-19(23-15-22-17)20(25)6-12-24(13-7-20)18(26)14-27-16-3-8-21-9-4-16/h3-4,8-9,15H,2,5-7,10-14H2,1H3,(H,22,23). The predicted octanol–water partition coefficient (Wildman–Crippen LogP) is 2.68. The van der Waals surface area contributed by atoms with Crippen molar-refractivity contribution in [3.63, 3.8) is 0 Å². The highest BCUT2D eigenvalue weighted by Gasteiger charge is 2.46. The number of aromatic nitrogens is 3. The summed E-state index contributed by atoms with van der Waals surface area (Å²) in [7, 11) is 0. The lowest BCUT2D eigenvalue weighted by atomic mass is 9.78. The number of piperidine rings is 1. The predicted molar refractivity (Wildman–Crippen MR) is 107 cm³/mol. The molecular formula is C20H27N5OS. The first-order valence-corrected chi connectivity index (χ1v) is 10.8. The maximum atomic E-state index is 12.7. The van der Waals surface area contributed by atoms with E-state index in [4.69, 9.17) is 4.98 Å². The van der Waals surface area contributed by atoms with Crippen LogP contribution in [0.3, 0.4) is 0 Å². The summed E-state index contributed by atoms with van der Waals surface area (Å²) >= 11 is 1.59. The SMILES string of the molecule is CCCN1CCc2[nH]cnc2C12CCN(C(=O)CSc1ccncc1)CC2. The zero-order chi connectivity index (χ0) is 18.7. The quantitative estimate of drug-likeness (QED) is 0.802. The Morgan fingerprint density at radius 3 is 2.78 bits per heavy atom. The average Bonchev–Trinajstić information content (AvgIpc) is 3.20. The number of imidazole rings is 1. The van der Waals surface area contributed by atoms with Gasteiger partial charge in [-0.05, 0) is 37.9 Å². The summed E-state index contributed by atoms with van der Waals surface area (Å²) in [6, 6.07) is 3.90. The Labute approximate surface area is 164 Å². The van der Waals surface area contributed by atoms with Crippen LogP contribution in [0.15, 0.2) is 35.7 Å². The van der Waals surface area contributed by atoms with Crippen LogP contribution in [0.25, 0.3) is 0 Å². The van der Waals surface area contributed by atoms with Crippen LogP contribution in [0, 0.1) is 0 Å². The zero-order valence-corrected chi connectivity index (χ0v) is 16.7. The second-order valence-electron chi connectivity index (χ2n) is 7.35. The summed E-state index contributed by atoms with van der Waals surface area (Å²) in [5.74, 6) is 0.718. The van der Waals surface area contributed by atoms with Crippen molar-refractivity contribution >= 4 is 17.7 Å². The Bertz CT molecular complexity index is 770. The molecular weight excluding hydrogens is 358 g/mol. The molecule has 0 unspecified atom stereocenters. The molecule has 144 valence electrons. The molecule has 0 aliphatic carbocycles. The molecule has 2 aromatic rings. The molecule has 2 aliphatic heterocycles. The van der Waals surface area contributed by atoms with Gasteiger partial charge in [-0.25, -0.2) is 4.98 Å². The van der Waals surface area contributed by atoms with E-state index in [0.29, 0.717) is 5.75 Å². The number of aromatic amines is 1. The second kappa shape index (κ2) is 8.02. The van der Waals surface area contributed by atoms with Crippen LogP contribution in [0.5, 0.6) is 0 Å². The van der Waals surface area contributed by atoms with Crippen molar-refractivity contribution in [1.29, 1.82) is 0 Å². The van der Waals surface area contributed by atoms with Gasteiger partial charge in [0.1, 0.15) is 0 Å². The fourth-order valence-electron chi connectivity index (χ4n) is 4.47. The van der Waals surface area contributed by atoms with Crippen molar-refractivity contribution in [3.8, 4) is 0 Å². The minimum atomic E-state index is -0.00137. The average molecular weight is 386 g/mol. The molecule has 7 heteroatoms. The summed E-state index contributed by atoms with van der Waals surface area (Å²) in [5.41, 5.74) is 2.51. The van der Waals surface area contributed by atoms with Gasteiger partial charge >= 0.3 is 0 Å². The Hall–Kier alpha value is -1.86. The maximum Gasteiger partial charge on any atom is 0.232 e. The van der Waals surface area contributed by atoms with Gasteiger partial charge in [-0.15, -0.1) is 11.8 Å². The molecule has 0 bridgehead atoms. The van der Waals surface area contributed by atoms with Crippen molar-refractivity contribution in [2.24, 2.45) is 0 Å². The van der Waals surface area contributed by atoms with Crippen LogP contribution in [0.2, 0.25) is 0 Å². The van der Waals surface area contributed by atoms with Crippen LogP contribution in [-0.2, 0) is 16.8 Å². The minimum Gasteiger partial charge on any atom is -0.348 e. The number of fused-ring (bicyclic) bond motifs is 2. The van der Waals surface area contributed by atoms with Crippen LogP contribution in [0.1, 0.15) is 37.6 Å². The summed E-state index contributed by atoms with van der Waals surface area (Å²) in [5, 5.41) is 0. The Kier molecular flexibility index (Phi) is 5.50. The lowest BCUT2D eigenvalue weighted by molar-refractivity contribution is -0.131. The Morgan fingerprint density at radius 2 is 2.04 bits per heavy atom. The zero-order valence-electron chi connectivity index (χ0n) is 15.9. The molecule has 1 N–H and O–H groups in total. The number of rotatable bonds is 5. The van der Waals surface area contributed by atoms with Gasteiger partial charge < -0.3 is 9.88 Å². The Balaban J connectivity index is 1.42. The van der Waals surface area contributed by atoms with Gasteiger partial charge in [0.25, 0.3) is 0 Å². The first kappa shape index (κ1) is 18.5. The molecule has 2 aromatic heterocycles. The molecule has 4 heterocycles. The molecule has 1 spiro atoms. The van der Waals surface area contributed by atoms with E-state index in [2.05, 4.69) is 21.8 Å². The number of thioether (sulfide) groups is 1. The lowest BCUT2D eigenvalue weighted by Crippen LogP contribution is -2.57. The van der Waals surface area contributed by atoms with Crippen LogP contribution < -0.4 is 0 Å². The summed E-state index contributed by atoms with van der Waals surface area (Å²) in [6.07, 6.45) is 9.50. The number of likely N-dealkylation sites (tertiary alicyclic amines) is 1. The highest BCUT2D eigenvalue weighted by atomic mass is 32.2. The van der Waals surface area contributed by atoms with Gasteiger partial charge in [-0.3, -0.25) is 14.7 Å². The van der Waals surface area contributed by atoms with Crippen molar-refractivity contribution in [1.82, 2.24) is 24.8 Å². The van der Waals surface area contributed by atoms with Gasteiger partial charge in [-0.1, -0.05) is 6.92 Å². The number of H-pyrrole nitrogens is 1. The third-order valence-corrected chi connectivity index (χ3v) is 6.84. The lowest BCUT2D eigenvalue weighted by Gasteiger charge is -2.50. The van der Waals surface area contributed by atoms with E-state index in [1.807, 2.05) is 23.4 Å². The maximum absolute atomic E-state index is 12.7. The van der Waals surface area contributed by atoms with E-state index in [9.17, 15) is 4.79 Å². The van der Waals surface area contributed by atoms with Crippen LogP contribution >= 0.6 is 11.8 Å². The molecule has 0 saturated carbocycles. The molecule has 1 fully saturated rings. The van der Waals surface area contributed by atoms with Crippen molar-refractivity contribution in [2.75, 3.05) is 31.9 Å². The van der Waals surface area contributed by atoms with E-state index < -0.39 is 0 Å². The fraction of sp³-hybridized carbons (Fsp3) is 0.550. The number of nitrogens with one attached hydrogen (secondary N) is 1. The second-order valence-corrected chi connectivity index (χ2v) is 8.40. The van der Waals surface area contributed by atoms with Gasteiger partial charge in [0.2, 0.25) is 5.91 Å². The molecule has 0 radical (unpaired) electrons. The molecule has 1 saturated heterocycles. The smallest absolute Gasteiger partial charge is 0.232 e. The monoisotopic (exact) mass is 385 g/mol.